The lowest BCUT2D eigenvalue weighted by Gasteiger charge is -2.37. The Balaban J connectivity index is 1.72. The van der Waals surface area contributed by atoms with Crippen molar-refractivity contribution >= 4 is 11.7 Å². The first kappa shape index (κ1) is 18.1. The zero-order valence-electron chi connectivity index (χ0n) is 15.5. The third kappa shape index (κ3) is 4.46. The topological polar surface area (TPSA) is 70.6 Å². The summed E-state index contributed by atoms with van der Waals surface area (Å²) in [5.74, 6) is 2.34. The number of carbonyl (C=O) groups excluding carboxylic acids is 1. The highest BCUT2D eigenvalue weighted by atomic mass is 16.5. The Hall–Kier alpha value is -1.73. The monoisotopic (exact) mass is 347 g/mol. The average Bonchev–Trinajstić information content (AvgIpc) is 2.63. The highest BCUT2D eigenvalue weighted by Gasteiger charge is 2.32. The smallest absolute Gasteiger partial charge is 0.237 e. The molecule has 1 aromatic heterocycles. The van der Waals surface area contributed by atoms with E-state index in [-0.39, 0.29) is 11.9 Å². The molecular weight excluding hydrogens is 318 g/mol. The quantitative estimate of drug-likeness (QED) is 0.889. The Morgan fingerprint density at radius 3 is 2.80 bits per heavy atom. The minimum atomic E-state index is -0.211. The van der Waals surface area contributed by atoms with E-state index in [1.807, 2.05) is 24.9 Å². The number of aryl methyl sites for hydroxylation is 1. The number of nitrogens with one attached hydrogen (secondary N) is 1. The fourth-order valence-corrected chi connectivity index (χ4v) is 3.49. The van der Waals surface area contributed by atoms with Crippen LogP contribution in [-0.2, 0) is 9.53 Å². The summed E-state index contributed by atoms with van der Waals surface area (Å²) in [6.07, 6.45) is 2.35. The normalized spacial score (nSPS) is 22.8. The third-order valence-corrected chi connectivity index (χ3v) is 5.11. The molecule has 2 aliphatic heterocycles. The molecule has 0 spiro atoms. The number of hydrogen-bond donors (Lipinski definition) is 1. The number of likely N-dealkylation sites (tertiary alicyclic amines) is 1. The summed E-state index contributed by atoms with van der Waals surface area (Å²) in [5.41, 5.74) is 0.886. The first-order valence-electron chi connectivity index (χ1n) is 9.19. The maximum absolute atomic E-state index is 12.9. The summed E-state index contributed by atoms with van der Waals surface area (Å²) in [6, 6.07) is 1.69. The summed E-state index contributed by atoms with van der Waals surface area (Å²) in [4.78, 5) is 26.2. The van der Waals surface area contributed by atoms with Crippen LogP contribution in [0, 0.1) is 12.8 Å². The van der Waals surface area contributed by atoms with Gasteiger partial charge in [0.15, 0.2) is 5.82 Å². The molecule has 7 nitrogen and oxygen atoms in total. The lowest BCUT2D eigenvalue weighted by molar-refractivity contribution is -0.142. The number of aromatic nitrogens is 2. The summed E-state index contributed by atoms with van der Waals surface area (Å²) < 4.78 is 5.63. The molecule has 138 valence electrons. The lowest BCUT2D eigenvalue weighted by Crippen LogP contribution is -2.49. The van der Waals surface area contributed by atoms with Crippen molar-refractivity contribution in [3.8, 4) is 0 Å². The molecular formula is C18H29N5O2. The van der Waals surface area contributed by atoms with E-state index in [0.29, 0.717) is 32.1 Å². The molecule has 25 heavy (non-hydrogen) atoms. The molecule has 1 N–H and O–H groups in total. The van der Waals surface area contributed by atoms with E-state index in [1.54, 1.807) is 0 Å². The van der Waals surface area contributed by atoms with E-state index in [0.717, 1.165) is 30.5 Å². The second kappa shape index (κ2) is 8.10. The van der Waals surface area contributed by atoms with Gasteiger partial charge < -0.3 is 15.0 Å². The van der Waals surface area contributed by atoms with Crippen molar-refractivity contribution in [1.82, 2.24) is 19.8 Å². The second-order valence-corrected chi connectivity index (χ2v) is 7.14. The number of piperidine rings is 1. The Labute approximate surface area is 149 Å². The van der Waals surface area contributed by atoms with Gasteiger partial charge in [0.05, 0.1) is 19.8 Å². The summed E-state index contributed by atoms with van der Waals surface area (Å²) in [6.45, 7) is 8.34. The van der Waals surface area contributed by atoms with Crippen molar-refractivity contribution in [2.45, 2.75) is 32.7 Å². The number of anilines is 1. The van der Waals surface area contributed by atoms with Gasteiger partial charge >= 0.3 is 0 Å². The van der Waals surface area contributed by atoms with Gasteiger partial charge in [0, 0.05) is 25.4 Å². The van der Waals surface area contributed by atoms with E-state index in [9.17, 15) is 4.79 Å². The fourth-order valence-electron chi connectivity index (χ4n) is 3.49. The highest BCUT2D eigenvalue weighted by Crippen LogP contribution is 2.24. The van der Waals surface area contributed by atoms with Gasteiger partial charge in [-0.05, 0) is 38.8 Å². The van der Waals surface area contributed by atoms with Gasteiger partial charge in [0.25, 0.3) is 0 Å². The standard InChI is InChI=1S/C18H29N5O2/c1-13-4-6-22(7-5-13)11-17(24)23-8-9-25-12-15(23)18-20-14(2)10-16(19-3)21-18/h10,13,15H,4-9,11-12H2,1-3H3,(H,19,20,21). The van der Waals surface area contributed by atoms with E-state index < -0.39 is 0 Å². The number of nitrogens with zero attached hydrogens (tertiary/aromatic N) is 4. The predicted molar refractivity (Wildman–Crippen MR) is 96.4 cm³/mol. The van der Waals surface area contributed by atoms with Crippen LogP contribution in [0.15, 0.2) is 6.07 Å². The van der Waals surface area contributed by atoms with Crippen LogP contribution < -0.4 is 5.32 Å². The maximum atomic E-state index is 12.9. The second-order valence-electron chi connectivity index (χ2n) is 7.14. The average molecular weight is 347 g/mol. The Kier molecular flexibility index (Phi) is 5.86. The largest absolute Gasteiger partial charge is 0.377 e. The molecule has 2 aliphatic rings. The minimum absolute atomic E-state index is 0.152. The first-order chi connectivity index (χ1) is 12.1. The van der Waals surface area contributed by atoms with Crippen LogP contribution >= 0.6 is 0 Å². The first-order valence-corrected chi connectivity index (χ1v) is 9.19. The minimum Gasteiger partial charge on any atom is -0.377 e. The number of rotatable bonds is 4. The van der Waals surface area contributed by atoms with Gasteiger partial charge in [-0.15, -0.1) is 0 Å². The van der Waals surface area contributed by atoms with Gasteiger partial charge in [0.1, 0.15) is 11.9 Å². The van der Waals surface area contributed by atoms with Crippen LogP contribution in [0.4, 0.5) is 5.82 Å². The van der Waals surface area contributed by atoms with Crippen LogP contribution in [0.25, 0.3) is 0 Å². The molecule has 1 amide bonds. The molecule has 1 atom stereocenters. The van der Waals surface area contributed by atoms with Gasteiger partial charge in [-0.2, -0.15) is 0 Å². The summed E-state index contributed by atoms with van der Waals surface area (Å²) in [5, 5.41) is 3.06. The van der Waals surface area contributed by atoms with Crippen molar-refractivity contribution in [2.75, 3.05) is 51.8 Å². The van der Waals surface area contributed by atoms with Crippen molar-refractivity contribution in [3.63, 3.8) is 0 Å². The highest BCUT2D eigenvalue weighted by molar-refractivity contribution is 5.78. The molecule has 1 unspecified atom stereocenters. The fraction of sp³-hybridized carbons (Fsp3) is 0.722. The molecule has 0 radical (unpaired) electrons. The van der Waals surface area contributed by atoms with Gasteiger partial charge in [-0.1, -0.05) is 6.92 Å². The summed E-state index contributed by atoms with van der Waals surface area (Å²) in [7, 11) is 1.84. The van der Waals surface area contributed by atoms with E-state index in [1.165, 1.54) is 12.8 Å². The number of ether oxygens (including phenoxy) is 1. The third-order valence-electron chi connectivity index (χ3n) is 5.11. The molecule has 0 aliphatic carbocycles. The van der Waals surface area contributed by atoms with Crippen molar-refractivity contribution in [2.24, 2.45) is 5.92 Å². The van der Waals surface area contributed by atoms with Crippen molar-refractivity contribution in [3.05, 3.63) is 17.6 Å². The van der Waals surface area contributed by atoms with Gasteiger partial charge in [-0.25, -0.2) is 9.97 Å². The molecule has 0 aromatic carbocycles. The molecule has 3 rings (SSSR count). The molecule has 2 fully saturated rings. The zero-order chi connectivity index (χ0) is 17.8. The number of morpholine rings is 1. The Morgan fingerprint density at radius 1 is 1.32 bits per heavy atom. The van der Waals surface area contributed by atoms with Crippen LogP contribution in [0.2, 0.25) is 0 Å². The Bertz CT molecular complexity index is 601. The molecule has 3 heterocycles. The summed E-state index contributed by atoms with van der Waals surface area (Å²) >= 11 is 0. The number of amides is 1. The number of hydrogen-bond acceptors (Lipinski definition) is 6. The maximum Gasteiger partial charge on any atom is 0.237 e. The van der Waals surface area contributed by atoms with Gasteiger partial charge in [0.2, 0.25) is 5.91 Å². The SMILES string of the molecule is CNc1cc(C)nc(C2COCCN2C(=O)CN2CCC(C)CC2)n1. The molecule has 2 saturated heterocycles. The molecule has 0 bridgehead atoms. The number of carbonyl (C=O) groups is 1. The van der Waals surface area contributed by atoms with E-state index in [2.05, 4.69) is 27.1 Å². The Morgan fingerprint density at radius 2 is 2.08 bits per heavy atom. The van der Waals surface area contributed by atoms with Crippen LogP contribution in [0.5, 0.6) is 0 Å². The van der Waals surface area contributed by atoms with Crippen LogP contribution in [0.3, 0.4) is 0 Å². The zero-order valence-corrected chi connectivity index (χ0v) is 15.5. The van der Waals surface area contributed by atoms with Crippen LogP contribution in [0.1, 0.15) is 37.3 Å². The molecule has 0 saturated carbocycles. The molecule has 7 heteroatoms. The van der Waals surface area contributed by atoms with Crippen molar-refractivity contribution in [1.29, 1.82) is 0 Å². The van der Waals surface area contributed by atoms with Gasteiger partial charge in [-0.3, -0.25) is 9.69 Å². The van der Waals surface area contributed by atoms with Crippen LogP contribution in [-0.4, -0.2) is 72.1 Å². The van der Waals surface area contributed by atoms with Crippen molar-refractivity contribution < 1.29 is 9.53 Å². The lowest BCUT2D eigenvalue weighted by atomic mass is 9.99. The predicted octanol–water partition coefficient (Wildman–Crippen LogP) is 1.46. The van der Waals surface area contributed by atoms with E-state index >= 15 is 0 Å². The van der Waals surface area contributed by atoms with E-state index in [4.69, 9.17) is 4.74 Å². The molecule has 1 aromatic rings.